The molecule has 0 spiro atoms. The summed E-state index contributed by atoms with van der Waals surface area (Å²) in [6.07, 6.45) is -1.24. The molecule has 2 rings (SSSR count). The van der Waals surface area contributed by atoms with Crippen LogP contribution in [0.25, 0.3) is 0 Å². The van der Waals surface area contributed by atoms with E-state index in [0.717, 1.165) is 0 Å². The van der Waals surface area contributed by atoms with E-state index in [-0.39, 0.29) is 0 Å². The Balaban J connectivity index is 2.23. The van der Waals surface area contributed by atoms with Crippen molar-refractivity contribution >= 4 is 17.6 Å². The molecular weight excluding hydrogens is 226 g/mol. The molecule has 0 fully saturated rings. The molecule has 0 aromatic heterocycles. The Morgan fingerprint density at radius 1 is 1.47 bits per heavy atom. The van der Waals surface area contributed by atoms with E-state index in [9.17, 15) is 9.59 Å². The Labute approximate surface area is 97.5 Å². The third-order valence-corrected chi connectivity index (χ3v) is 2.17. The molecule has 0 radical (unpaired) electrons. The molecule has 1 aromatic carbocycles. The number of ether oxygens (including phenoxy) is 3. The van der Waals surface area contributed by atoms with Gasteiger partial charge in [0.25, 0.3) is 0 Å². The highest BCUT2D eigenvalue weighted by molar-refractivity contribution is 5.97. The number of carbonyl (C=O) groups excluding carboxylic acids is 2. The molecule has 1 heterocycles. The molecular formula is C11H11NO5. The van der Waals surface area contributed by atoms with E-state index in [0.29, 0.717) is 17.2 Å². The number of esters is 1. The third-order valence-electron chi connectivity index (χ3n) is 2.17. The van der Waals surface area contributed by atoms with Crippen LogP contribution in [0.5, 0.6) is 11.5 Å². The van der Waals surface area contributed by atoms with Crippen molar-refractivity contribution in [1.29, 1.82) is 0 Å². The summed E-state index contributed by atoms with van der Waals surface area (Å²) in [5.74, 6) is -0.0849. The largest absolute Gasteiger partial charge is 0.497 e. The van der Waals surface area contributed by atoms with Crippen molar-refractivity contribution in [3.05, 3.63) is 18.2 Å². The van der Waals surface area contributed by atoms with Gasteiger partial charge < -0.3 is 19.5 Å². The summed E-state index contributed by atoms with van der Waals surface area (Å²) in [5, 5.41) is 2.57. The monoisotopic (exact) mass is 237 g/mol. The first-order chi connectivity index (χ1) is 8.10. The standard InChI is InChI=1S/C11H11NO5/c1-6(13)16-11-10(14)12-8-5-7(15-2)3-4-9(8)17-11/h3-5,11H,1-2H3,(H,12,14). The molecule has 17 heavy (non-hydrogen) atoms. The number of carbonyl (C=O) groups is 2. The van der Waals surface area contributed by atoms with Crippen LogP contribution in [0.2, 0.25) is 0 Å². The Morgan fingerprint density at radius 3 is 2.88 bits per heavy atom. The van der Waals surface area contributed by atoms with E-state index >= 15 is 0 Å². The molecule has 0 bridgehead atoms. The van der Waals surface area contributed by atoms with Gasteiger partial charge in [-0.2, -0.15) is 0 Å². The molecule has 0 saturated heterocycles. The predicted molar refractivity (Wildman–Crippen MR) is 57.8 cm³/mol. The van der Waals surface area contributed by atoms with Gasteiger partial charge in [-0.15, -0.1) is 0 Å². The van der Waals surface area contributed by atoms with Crippen LogP contribution in [-0.4, -0.2) is 25.3 Å². The maximum Gasteiger partial charge on any atom is 0.324 e. The van der Waals surface area contributed by atoms with Crippen LogP contribution in [0.1, 0.15) is 6.92 Å². The van der Waals surface area contributed by atoms with Gasteiger partial charge in [0.1, 0.15) is 11.5 Å². The Bertz CT molecular complexity index is 471. The average Bonchev–Trinajstić information content (AvgIpc) is 2.29. The van der Waals surface area contributed by atoms with Gasteiger partial charge in [-0.3, -0.25) is 9.59 Å². The molecule has 1 amide bonds. The number of rotatable bonds is 2. The summed E-state index contributed by atoms with van der Waals surface area (Å²) in [4.78, 5) is 22.3. The number of nitrogens with one attached hydrogen (secondary N) is 1. The first-order valence-electron chi connectivity index (χ1n) is 4.93. The maximum absolute atomic E-state index is 11.5. The van der Waals surface area contributed by atoms with Crippen LogP contribution in [0.15, 0.2) is 18.2 Å². The fourth-order valence-electron chi connectivity index (χ4n) is 1.43. The highest BCUT2D eigenvalue weighted by Gasteiger charge is 2.30. The van der Waals surface area contributed by atoms with E-state index in [1.54, 1.807) is 18.2 Å². The molecule has 0 saturated carbocycles. The van der Waals surface area contributed by atoms with Gasteiger partial charge in [0.15, 0.2) is 0 Å². The van der Waals surface area contributed by atoms with Crippen molar-refractivity contribution < 1.29 is 23.8 Å². The summed E-state index contributed by atoms with van der Waals surface area (Å²) in [6, 6.07) is 4.93. The summed E-state index contributed by atoms with van der Waals surface area (Å²) in [5.41, 5.74) is 0.484. The zero-order valence-electron chi connectivity index (χ0n) is 9.35. The summed E-state index contributed by atoms with van der Waals surface area (Å²) in [7, 11) is 1.52. The number of hydrogen-bond donors (Lipinski definition) is 1. The number of amides is 1. The Morgan fingerprint density at radius 2 is 2.24 bits per heavy atom. The van der Waals surface area contributed by atoms with Gasteiger partial charge in [-0.05, 0) is 12.1 Å². The first-order valence-corrected chi connectivity index (χ1v) is 4.93. The Kier molecular flexibility index (Phi) is 2.86. The molecule has 1 unspecified atom stereocenters. The minimum Gasteiger partial charge on any atom is -0.497 e. The minimum atomic E-state index is -1.24. The van der Waals surface area contributed by atoms with E-state index in [1.165, 1.54) is 14.0 Å². The van der Waals surface area contributed by atoms with Crippen LogP contribution < -0.4 is 14.8 Å². The lowest BCUT2D eigenvalue weighted by molar-refractivity contribution is -0.168. The number of hydrogen-bond acceptors (Lipinski definition) is 5. The van der Waals surface area contributed by atoms with E-state index in [2.05, 4.69) is 5.32 Å². The van der Waals surface area contributed by atoms with Crippen LogP contribution in [0, 0.1) is 0 Å². The SMILES string of the molecule is COc1ccc2c(c1)NC(=O)C(OC(C)=O)O2. The van der Waals surface area contributed by atoms with Gasteiger partial charge in [0, 0.05) is 13.0 Å². The molecule has 1 aromatic rings. The quantitative estimate of drug-likeness (QED) is 0.774. The lowest BCUT2D eigenvalue weighted by Crippen LogP contribution is -2.40. The lowest BCUT2D eigenvalue weighted by atomic mass is 10.2. The van der Waals surface area contributed by atoms with Crippen LogP contribution in [-0.2, 0) is 14.3 Å². The smallest absolute Gasteiger partial charge is 0.324 e. The average molecular weight is 237 g/mol. The lowest BCUT2D eigenvalue weighted by Gasteiger charge is -2.25. The molecule has 1 atom stereocenters. The number of benzene rings is 1. The van der Waals surface area contributed by atoms with Crippen molar-refractivity contribution in [1.82, 2.24) is 0 Å². The van der Waals surface area contributed by atoms with Gasteiger partial charge >= 0.3 is 18.2 Å². The summed E-state index contributed by atoms with van der Waals surface area (Å²) >= 11 is 0. The van der Waals surface area contributed by atoms with E-state index in [4.69, 9.17) is 14.2 Å². The second-order valence-corrected chi connectivity index (χ2v) is 3.41. The second kappa shape index (κ2) is 4.32. The molecule has 1 N–H and O–H groups in total. The normalized spacial score (nSPS) is 17.5. The van der Waals surface area contributed by atoms with Gasteiger partial charge in [0.05, 0.1) is 12.8 Å². The van der Waals surface area contributed by atoms with Crippen molar-refractivity contribution in [3.63, 3.8) is 0 Å². The predicted octanol–water partition coefficient (Wildman–Crippen LogP) is 0.915. The number of methoxy groups -OCH3 is 1. The summed E-state index contributed by atoms with van der Waals surface area (Å²) < 4.78 is 15.0. The maximum atomic E-state index is 11.5. The molecule has 90 valence electrons. The van der Waals surface area contributed by atoms with Crippen molar-refractivity contribution in [2.45, 2.75) is 13.2 Å². The number of fused-ring (bicyclic) bond motifs is 1. The molecule has 1 aliphatic heterocycles. The fraction of sp³-hybridized carbons (Fsp3) is 0.273. The second-order valence-electron chi connectivity index (χ2n) is 3.41. The third kappa shape index (κ3) is 2.30. The van der Waals surface area contributed by atoms with Crippen molar-refractivity contribution in [2.24, 2.45) is 0 Å². The fourth-order valence-corrected chi connectivity index (χ4v) is 1.43. The highest BCUT2D eigenvalue weighted by Crippen LogP contribution is 2.33. The van der Waals surface area contributed by atoms with E-state index < -0.39 is 18.2 Å². The van der Waals surface area contributed by atoms with Gasteiger partial charge in [0.2, 0.25) is 0 Å². The van der Waals surface area contributed by atoms with Gasteiger partial charge in [-0.25, -0.2) is 0 Å². The zero-order valence-corrected chi connectivity index (χ0v) is 9.35. The number of anilines is 1. The Hall–Kier alpha value is -2.24. The molecule has 6 heteroatoms. The minimum absolute atomic E-state index is 0.427. The van der Waals surface area contributed by atoms with E-state index in [1.807, 2.05) is 0 Å². The van der Waals surface area contributed by atoms with Crippen LogP contribution in [0.3, 0.4) is 0 Å². The topological polar surface area (TPSA) is 73.9 Å². The van der Waals surface area contributed by atoms with Crippen molar-refractivity contribution in [2.75, 3.05) is 12.4 Å². The van der Waals surface area contributed by atoms with Crippen molar-refractivity contribution in [3.8, 4) is 11.5 Å². The summed E-state index contributed by atoms with van der Waals surface area (Å²) in [6.45, 7) is 1.21. The molecule has 6 nitrogen and oxygen atoms in total. The van der Waals surface area contributed by atoms with Crippen LogP contribution in [0.4, 0.5) is 5.69 Å². The van der Waals surface area contributed by atoms with Crippen LogP contribution >= 0.6 is 0 Å². The highest BCUT2D eigenvalue weighted by atomic mass is 16.7. The zero-order chi connectivity index (χ0) is 12.4. The van der Waals surface area contributed by atoms with Gasteiger partial charge in [-0.1, -0.05) is 0 Å². The molecule has 1 aliphatic rings. The first kappa shape index (κ1) is 11.3. The molecule has 0 aliphatic carbocycles.